The molecule has 0 radical (unpaired) electrons. The first kappa shape index (κ1) is 22.8. The fraction of sp³-hybridized carbons (Fsp3) is 0.522. The Bertz CT molecular complexity index is 1030. The molecule has 2 aromatic rings. The Morgan fingerprint density at radius 2 is 1.69 bits per heavy atom. The quantitative estimate of drug-likeness (QED) is 0.701. The zero-order chi connectivity index (χ0) is 23.5. The Labute approximate surface area is 184 Å². The van der Waals surface area contributed by atoms with Crippen molar-refractivity contribution in [1.82, 2.24) is 14.4 Å². The number of carbonyl (C=O) groups is 1. The molecule has 1 aromatic carbocycles. The largest absolute Gasteiger partial charge is 0.431 e. The van der Waals surface area contributed by atoms with E-state index in [4.69, 9.17) is 0 Å². The number of nitrogens with zero attached hydrogens (tertiary/aromatic N) is 3. The molecule has 1 N–H and O–H groups in total. The predicted molar refractivity (Wildman–Crippen MR) is 111 cm³/mol. The van der Waals surface area contributed by atoms with E-state index in [2.05, 4.69) is 4.90 Å². The summed E-state index contributed by atoms with van der Waals surface area (Å²) in [6.45, 7) is 4.40. The van der Waals surface area contributed by atoms with Gasteiger partial charge in [-0.1, -0.05) is 6.07 Å². The maximum atomic E-state index is 14.4. The molecule has 0 unspecified atom stereocenters. The molecule has 174 valence electrons. The van der Waals surface area contributed by atoms with Gasteiger partial charge in [0.05, 0.1) is 11.1 Å². The molecule has 2 aliphatic heterocycles. The Balaban J connectivity index is 1.55. The first-order valence-corrected chi connectivity index (χ1v) is 10.6. The lowest BCUT2D eigenvalue weighted by Crippen LogP contribution is -2.56. The third-order valence-corrected chi connectivity index (χ3v) is 6.89. The zero-order valence-electron chi connectivity index (χ0n) is 18.3. The second-order valence-corrected chi connectivity index (χ2v) is 9.25. The number of rotatable bonds is 2. The van der Waals surface area contributed by atoms with Gasteiger partial charge in [-0.2, -0.15) is 13.2 Å². The summed E-state index contributed by atoms with van der Waals surface area (Å²) >= 11 is 0. The van der Waals surface area contributed by atoms with Crippen molar-refractivity contribution in [2.45, 2.75) is 50.6 Å². The van der Waals surface area contributed by atoms with Crippen molar-refractivity contribution >= 4 is 5.91 Å². The fourth-order valence-electron chi connectivity index (χ4n) is 5.07. The van der Waals surface area contributed by atoms with Crippen molar-refractivity contribution in [1.29, 1.82) is 0 Å². The number of amides is 1. The number of fused-ring (bicyclic) bond motifs is 2. The third kappa shape index (κ3) is 3.71. The molecule has 0 atom stereocenters. The lowest BCUT2D eigenvalue weighted by molar-refractivity contribution is -0.144. The molecule has 5 nitrogen and oxygen atoms in total. The van der Waals surface area contributed by atoms with E-state index in [0.29, 0.717) is 38.2 Å². The van der Waals surface area contributed by atoms with Gasteiger partial charge in [0.2, 0.25) is 0 Å². The number of carbonyl (C=O) groups excluding carboxylic acids is 1. The van der Waals surface area contributed by atoms with Gasteiger partial charge in [-0.15, -0.1) is 0 Å². The van der Waals surface area contributed by atoms with Crippen LogP contribution in [0.25, 0.3) is 0 Å². The van der Waals surface area contributed by atoms with E-state index >= 15 is 0 Å². The van der Waals surface area contributed by atoms with Gasteiger partial charge in [-0.05, 0) is 58.0 Å². The maximum absolute atomic E-state index is 14.4. The number of likely N-dealkylation sites (N-methyl/N-ethyl adjacent to an activating group) is 1. The summed E-state index contributed by atoms with van der Waals surface area (Å²) in [5.41, 5.74) is -1.65. The van der Waals surface area contributed by atoms with Crippen LogP contribution in [0.15, 0.2) is 30.3 Å². The third-order valence-electron chi connectivity index (χ3n) is 6.89. The van der Waals surface area contributed by atoms with E-state index < -0.39 is 28.8 Å². The highest BCUT2D eigenvalue weighted by Gasteiger charge is 2.47. The average molecular weight is 453 g/mol. The standard InChI is InChI=1S/C23H27F4N3O2/c1-21(2,32)16-5-4-15(14-17(16)24)20(31)29-10-8-22(9-11-29)18-6-7-19(23(25,26)27)30(18)13-12-28(22)3/h4-7,14,32H,8-13H2,1-3H3. The first-order chi connectivity index (χ1) is 14.8. The Hall–Kier alpha value is -2.39. The molecule has 1 saturated heterocycles. The number of hydrogen-bond acceptors (Lipinski definition) is 3. The van der Waals surface area contributed by atoms with E-state index in [-0.39, 0.29) is 23.6 Å². The smallest absolute Gasteiger partial charge is 0.386 e. The van der Waals surface area contributed by atoms with Crippen molar-refractivity contribution in [3.63, 3.8) is 0 Å². The van der Waals surface area contributed by atoms with Crippen molar-refractivity contribution in [2.75, 3.05) is 26.7 Å². The molecule has 0 bridgehead atoms. The van der Waals surface area contributed by atoms with E-state index in [1.165, 1.54) is 30.5 Å². The number of aromatic nitrogens is 1. The molecular weight excluding hydrogens is 426 g/mol. The molecule has 0 aliphatic carbocycles. The Morgan fingerprint density at radius 3 is 2.25 bits per heavy atom. The Morgan fingerprint density at radius 1 is 1.03 bits per heavy atom. The van der Waals surface area contributed by atoms with Crippen LogP contribution in [0.4, 0.5) is 17.6 Å². The van der Waals surface area contributed by atoms with Gasteiger partial charge in [0, 0.05) is 43.0 Å². The molecule has 2 aliphatic rings. The maximum Gasteiger partial charge on any atom is 0.431 e. The highest BCUT2D eigenvalue weighted by atomic mass is 19.4. The van der Waals surface area contributed by atoms with E-state index in [1.54, 1.807) is 11.0 Å². The number of halogens is 4. The molecule has 4 rings (SSSR count). The number of piperidine rings is 1. The number of benzene rings is 1. The highest BCUT2D eigenvalue weighted by Crippen LogP contribution is 2.44. The summed E-state index contributed by atoms with van der Waals surface area (Å²) in [6.07, 6.45) is -3.44. The van der Waals surface area contributed by atoms with Gasteiger partial charge < -0.3 is 14.6 Å². The molecule has 1 fully saturated rings. The number of likely N-dealkylation sites (tertiary alicyclic amines) is 1. The average Bonchev–Trinajstić information content (AvgIpc) is 3.15. The monoisotopic (exact) mass is 453 g/mol. The predicted octanol–water partition coefficient (Wildman–Crippen LogP) is 3.95. The summed E-state index contributed by atoms with van der Waals surface area (Å²) in [4.78, 5) is 16.7. The second-order valence-electron chi connectivity index (χ2n) is 9.25. The molecular formula is C23H27F4N3O2. The van der Waals surface area contributed by atoms with Crippen LogP contribution in [0.3, 0.4) is 0 Å². The van der Waals surface area contributed by atoms with Gasteiger partial charge in [0.25, 0.3) is 5.91 Å². The van der Waals surface area contributed by atoms with Gasteiger partial charge in [0.15, 0.2) is 0 Å². The lowest BCUT2D eigenvalue weighted by atomic mass is 9.81. The van der Waals surface area contributed by atoms with Gasteiger partial charge >= 0.3 is 6.18 Å². The summed E-state index contributed by atoms with van der Waals surface area (Å²) in [5.74, 6) is -0.979. The number of alkyl halides is 3. The highest BCUT2D eigenvalue weighted by molar-refractivity contribution is 5.94. The van der Waals surface area contributed by atoms with Crippen LogP contribution in [-0.2, 0) is 23.9 Å². The molecule has 1 amide bonds. The van der Waals surface area contributed by atoms with Gasteiger partial charge in [-0.25, -0.2) is 4.39 Å². The van der Waals surface area contributed by atoms with E-state index in [9.17, 15) is 27.5 Å². The Kier molecular flexibility index (Phi) is 5.40. The van der Waals surface area contributed by atoms with Crippen LogP contribution >= 0.6 is 0 Å². The van der Waals surface area contributed by atoms with Gasteiger partial charge in [0.1, 0.15) is 11.5 Å². The SMILES string of the molecule is CN1CCn2c(C(F)(F)F)ccc2C12CCN(C(=O)c1ccc(C(C)(C)O)c(F)c1)CC2. The number of hydrogen-bond donors (Lipinski definition) is 1. The second kappa shape index (κ2) is 7.59. The van der Waals surface area contributed by atoms with Crippen molar-refractivity contribution in [3.8, 4) is 0 Å². The minimum absolute atomic E-state index is 0.108. The van der Waals surface area contributed by atoms with Crippen LogP contribution in [-0.4, -0.2) is 52.1 Å². The minimum atomic E-state index is -4.41. The molecule has 3 heterocycles. The van der Waals surface area contributed by atoms with Crippen LogP contribution in [0, 0.1) is 5.82 Å². The van der Waals surface area contributed by atoms with E-state index in [0.717, 1.165) is 12.1 Å². The minimum Gasteiger partial charge on any atom is -0.386 e. The van der Waals surface area contributed by atoms with Crippen molar-refractivity contribution in [2.24, 2.45) is 0 Å². The first-order valence-electron chi connectivity index (χ1n) is 10.6. The van der Waals surface area contributed by atoms with Crippen molar-refractivity contribution in [3.05, 3.63) is 58.7 Å². The fourth-order valence-corrected chi connectivity index (χ4v) is 5.07. The topological polar surface area (TPSA) is 48.7 Å². The normalized spacial score (nSPS) is 19.3. The summed E-state index contributed by atoms with van der Waals surface area (Å²) in [6, 6.07) is 6.74. The van der Waals surface area contributed by atoms with Crippen LogP contribution in [0.5, 0.6) is 0 Å². The summed E-state index contributed by atoms with van der Waals surface area (Å²) in [7, 11) is 1.91. The van der Waals surface area contributed by atoms with Crippen LogP contribution in [0.1, 0.15) is 54.0 Å². The molecule has 1 aromatic heterocycles. The summed E-state index contributed by atoms with van der Waals surface area (Å²) < 4.78 is 56.1. The van der Waals surface area contributed by atoms with Gasteiger partial charge in [-0.3, -0.25) is 9.69 Å². The number of aliphatic hydroxyl groups is 1. The molecule has 1 spiro atoms. The molecule has 0 saturated carbocycles. The lowest BCUT2D eigenvalue weighted by Gasteiger charge is -2.50. The van der Waals surface area contributed by atoms with Crippen LogP contribution in [0.2, 0.25) is 0 Å². The zero-order valence-corrected chi connectivity index (χ0v) is 18.3. The molecule has 9 heteroatoms. The van der Waals surface area contributed by atoms with Crippen LogP contribution < -0.4 is 0 Å². The molecule has 32 heavy (non-hydrogen) atoms. The van der Waals surface area contributed by atoms with E-state index in [1.807, 2.05) is 7.05 Å². The van der Waals surface area contributed by atoms with Crippen molar-refractivity contribution < 1.29 is 27.5 Å². The summed E-state index contributed by atoms with van der Waals surface area (Å²) in [5, 5.41) is 10.0.